The molecule has 1 atom stereocenters. The quantitative estimate of drug-likeness (QED) is 0.711. The van der Waals surface area contributed by atoms with Gasteiger partial charge in [0.25, 0.3) is 0 Å². The van der Waals surface area contributed by atoms with Crippen LogP contribution in [0.15, 0.2) is 30.3 Å². The highest BCUT2D eigenvalue weighted by Crippen LogP contribution is 2.11. The highest BCUT2D eigenvalue weighted by molar-refractivity contribution is 5.21. The predicted octanol–water partition coefficient (Wildman–Crippen LogP) is 2.80. The van der Waals surface area contributed by atoms with Crippen LogP contribution in [0.3, 0.4) is 0 Å². The SMILES string of the molecule is CCN(CC)C[C@@H](C)Oc1ccccc1. The number of hydrogen-bond donors (Lipinski definition) is 0. The van der Waals surface area contributed by atoms with E-state index in [0.29, 0.717) is 0 Å². The van der Waals surface area contributed by atoms with Crippen molar-refractivity contribution in [3.63, 3.8) is 0 Å². The van der Waals surface area contributed by atoms with Crippen LogP contribution in [-0.4, -0.2) is 30.6 Å². The van der Waals surface area contributed by atoms with Crippen molar-refractivity contribution >= 4 is 0 Å². The fourth-order valence-corrected chi connectivity index (χ4v) is 1.61. The molecule has 2 nitrogen and oxygen atoms in total. The van der Waals surface area contributed by atoms with Crippen molar-refractivity contribution in [2.24, 2.45) is 0 Å². The molecule has 0 aliphatic heterocycles. The maximum absolute atomic E-state index is 5.81. The number of ether oxygens (including phenoxy) is 1. The Morgan fingerprint density at radius 1 is 1.13 bits per heavy atom. The zero-order valence-corrected chi connectivity index (χ0v) is 9.94. The number of para-hydroxylation sites is 1. The van der Waals surface area contributed by atoms with Gasteiger partial charge in [0.1, 0.15) is 11.9 Å². The first-order chi connectivity index (χ1) is 7.26. The first kappa shape index (κ1) is 12.1. The minimum Gasteiger partial charge on any atom is -0.489 e. The zero-order chi connectivity index (χ0) is 11.1. The normalized spacial score (nSPS) is 12.8. The third kappa shape index (κ3) is 4.34. The summed E-state index contributed by atoms with van der Waals surface area (Å²) >= 11 is 0. The van der Waals surface area contributed by atoms with Gasteiger partial charge in [0.05, 0.1) is 0 Å². The highest BCUT2D eigenvalue weighted by Gasteiger charge is 2.07. The average molecular weight is 207 g/mol. The lowest BCUT2D eigenvalue weighted by atomic mass is 10.3. The molecule has 15 heavy (non-hydrogen) atoms. The molecule has 0 heterocycles. The molecule has 1 aromatic carbocycles. The monoisotopic (exact) mass is 207 g/mol. The first-order valence-electron chi connectivity index (χ1n) is 5.70. The van der Waals surface area contributed by atoms with E-state index in [1.165, 1.54) is 0 Å². The summed E-state index contributed by atoms with van der Waals surface area (Å²) in [4.78, 5) is 2.37. The molecular formula is C13H21NO. The first-order valence-corrected chi connectivity index (χ1v) is 5.70. The lowest BCUT2D eigenvalue weighted by Gasteiger charge is -2.23. The number of nitrogens with zero attached hydrogens (tertiary/aromatic N) is 1. The van der Waals surface area contributed by atoms with Crippen molar-refractivity contribution in [2.45, 2.75) is 26.9 Å². The van der Waals surface area contributed by atoms with Crippen LogP contribution < -0.4 is 4.74 Å². The summed E-state index contributed by atoms with van der Waals surface area (Å²) in [7, 11) is 0. The molecule has 0 aromatic heterocycles. The molecule has 0 radical (unpaired) electrons. The van der Waals surface area contributed by atoms with Crippen molar-refractivity contribution in [3.8, 4) is 5.75 Å². The van der Waals surface area contributed by atoms with Crippen LogP contribution in [0, 0.1) is 0 Å². The van der Waals surface area contributed by atoms with Gasteiger partial charge in [0.15, 0.2) is 0 Å². The van der Waals surface area contributed by atoms with Gasteiger partial charge in [-0.25, -0.2) is 0 Å². The Balaban J connectivity index is 2.39. The molecule has 0 N–H and O–H groups in total. The standard InChI is InChI=1S/C13H21NO/c1-4-14(5-2)11-12(3)15-13-9-7-6-8-10-13/h6-10,12H,4-5,11H2,1-3H3/t12-/m1/s1. The van der Waals surface area contributed by atoms with Crippen LogP contribution in [0.25, 0.3) is 0 Å². The van der Waals surface area contributed by atoms with Gasteiger partial charge in [0.2, 0.25) is 0 Å². The molecule has 1 aromatic rings. The highest BCUT2D eigenvalue weighted by atomic mass is 16.5. The molecule has 0 unspecified atom stereocenters. The minimum atomic E-state index is 0.243. The Kier molecular flexibility index (Phi) is 5.19. The van der Waals surface area contributed by atoms with Crippen LogP contribution in [-0.2, 0) is 0 Å². The molecule has 0 amide bonds. The molecule has 0 bridgehead atoms. The molecular weight excluding hydrogens is 186 g/mol. The van der Waals surface area contributed by atoms with Crippen LogP contribution in [0.4, 0.5) is 0 Å². The summed E-state index contributed by atoms with van der Waals surface area (Å²) in [5.41, 5.74) is 0. The molecule has 2 heteroatoms. The van der Waals surface area contributed by atoms with E-state index < -0.39 is 0 Å². The van der Waals surface area contributed by atoms with Gasteiger partial charge in [-0.05, 0) is 32.1 Å². The lowest BCUT2D eigenvalue weighted by molar-refractivity contribution is 0.153. The van der Waals surface area contributed by atoms with Gasteiger partial charge in [-0.1, -0.05) is 32.0 Å². The fraction of sp³-hybridized carbons (Fsp3) is 0.538. The van der Waals surface area contributed by atoms with E-state index in [2.05, 4.69) is 25.7 Å². The topological polar surface area (TPSA) is 12.5 Å². The molecule has 84 valence electrons. The maximum atomic E-state index is 5.81. The molecule has 0 saturated heterocycles. The molecule has 0 spiro atoms. The second-order valence-corrected chi connectivity index (χ2v) is 3.73. The summed E-state index contributed by atoms with van der Waals surface area (Å²) in [5.74, 6) is 0.956. The lowest BCUT2D eigenvalue weighted by Crippen LogP contribution is -2.33. The van der Waals surface area contributed by atoms with Crippen molar-refractivity contribution in [1.82, 2.24) is 4.90 Å². The summed E-state index contributed by atoms with van der Waals surface area (Å²) in [6.45, 7) is 9.63. The Morgan fingerprint density at radius 3 is 2.27 bits per heavy atom. The zero-order valence-electron chi connectivity index (χ0n) is 9.94. The fourth-order valence-electron chi connectivity index (χ4n) is 1.61. The van der Waals surface area contributed by atoms with Crippen molar-refractivity contribution < 1.29 is 4.74 Å². The van der Waals surface area contributed by atoms with E-state index in [4.69, 9.17) is 4.74 Å². The molecule has 0 saturated carbocycles. The smallest absolute Gasteiger partial charge is 0.119 e. The number of rotatable bonds is 6. The molecule has 0 fully saturated rings. The summed E-state index contributed by atoms with van der Waals surface area (Å²) < 4.78 is 5.81. The van der Waals surface area contributed by atoms with Gasteiger partial charge in [0, 0.05) is 6.54 Å². The molecule has 0 aliphatic rings. The minimum absolute atomic E-state index is 0.243. The summed E-state index contributed by atoms with van der Waals surface area (Å²) in [6.07, 6.45) is 0.243. The second-order valence-electron chi connectivity index (χ2n) is 3.73. The van der Waals surface area contributed by atoms with Crippen molar-refractivity contribution in [1.29, 1.82) is 0 Å². The molecule has 0 aliphatic carbocycles. The number of benzene rings is 1. The van der Waals surface area contributed by atoms with Gasteiger partial charge in [-0.2, -0.15) is 0 Å². The van der Waals surface area contributed by atoms with E-state index in [1.54, 1.807) is 0 Å². The number of hydrogen-bond acceptors (Lipinski definition) is 2. The summed E-state index contributed by atoms with van der Waals surface area (Å²) in [6, 6.07) is 10.00. The third-order valence-corrected chi connectivity index (χ3v) is 2.49. The number of likely N-dealkylation sites (N-methyl/N-ethyl adjacent to an activating group) is 1. The van der Waals surface area contributed by atoms with Crippen molar-refractivity contribution in [3.05, 3.63) is 30.3 Å². The van der Waals surface area contributed by atoms with Crippen LogP contribution in [0.2, 0.25) is 0 Å². The van der Waals surface area contributed by atoms with E-state index in [-0.39, 0.29) is 6.10 Å². The average Bonchev–Trinajstić information content (AvgIpc) is 2.27. The Bertz CT molecular complexity index is 256. The van der Waals surface area contributed by atoms with Crippen molar-refractivity contribution in [2.75, 3.05) is 19.6 Å². The predicted molar refractivity (Wildman–Crippen MR) is 64.3 cm³/mol. The van der Waals surface area contributed by atoms with E-state index in [9.17, 15) is 0 Å². The second kappa shape index (κ2) is 6.46. The van der Waals surface area contributed by atoms with Crippen LogP contribution >= 0.6 is 0 Å². The Hall–Kier alpha value is -1.02. The Morgan fingerprint density at radius 2 is 1.73 bits per heavy atom. The van der Waals surface area contributed by atoms with Gasteiger partial charge in [-0.15, -0.1) is 0 Å². The van der Waals surface area contributed by atoms with Gasteiger partial charge in [-0.3, -0.25) is 0 Å². The van der Waals surface area contributed by atoms with Crippen LogP contribution in [0.1, 0.15) is 20.8 Å². The largest absolute Gasteiger partial charge is 0.489 e. The maximum Gasteiger partial charge on any atom is 0.119 e. The van der Waals surface area contributed by atoms with Gasteiger partial charge >= 0.3 is 0 Å². The van der Waals surface area contributed by atoms with Gasteiger partial charge < -0.3 is 9.64 Å². The van der Waals surface area contributed by atoms with E-state index >= 15 is 0 Å². The Labute approximate surface area is 92.9 Å². The molecule has 1 rings (SSSR count). The van der Waals surface area contributed by atoms with Crippen LogP contribution in [0.5, 0.6) is 5.75 Å². The van der Waals surface area contributed by atoms with E-state index in [0.717, 1.165) is 25.4 Å². The van der Waals surface area contributed by atoms with E-state index in [1.807, 2.05) is 30.3 Å². The third-order valence-electron chi connectivity index (χ3n) is 2.49. The summed E-state index contributed by atoms with van der Waals surface area (Å²) in [5, 5.41) is 0.